The van der Waals surface area contributed by atoms with Crippen molar-refractivity contribution in [2.24, 2.45) is 5.41 Å². The third-order valence-corrected chi connectivity index (χ3v) is 6.27. The zero-order valence-electron chi connectivity index (χ0n) is 13.0. The van der Waals surface area contributed by atoms with Gasteiger partial charge in [-0.05, 0) is 31.4 Å². The standard InChI is InChI=1S/C16H21N3O2S/c1-19(13-8-14(21-2)16(13)6-3-7-16)15(20)18-10-12-5-4-11(9-17)22-12/h4-5,13-14H,3,6-8,10H2,1-2H3,(H,18,20)/t13-,14-/m1/s1. The van der Waals surface area contributed by atoms with Crippen molar-refractivity contribution in [2.75, 3.05) is 14.2 Å². The quantitative estimate of drug-likeness (QED) is 0.928. The van der Waals surface area contributed by atoms with E-state index < -0.39 is 0 Å². The van der Waals surface area contributed by atoms with Crippen LogP contribution in [0, 0.1) is 16.7 Å². The predicted molar refractivity (Wildman–Crippen MR) is 84.5 cm³/mol. The number of hydrogen-bond donors (Lipinski definition) is 1. The number of thiophene rings is 1. The van der Waals surface area contributed by atoms with E-state index in [1.807, 2.05) is 18.0 Å². The SMILES string of the molecule is CO[C@@H]1C[C@@H](N(C)C(=O)NCc2ccc(C#N)s2)C12CCC2. The molecule has 2 aliphatic carbocycles. The second kappa shape index (κ2) is 5.90. The van der Waals surface area contributed by atoms with E-state index in [9.17, 15) is 4.79 Å². The van der Waals surface area contributed by atoms with Gasteiger partial charge in [0.15, 0.2) is 0 Å². The fraction of sp³-hybridized carbons (Fsp3) is 0.625. The lowest BCUT2D eigenvalue weighted by Gasteiger charge is -2.62. The number of nitrogens with zero attached hydrogens (tertiary/aromatic N) is 2. The van der Waals surface area contributed by atoms with Gasteiger partial charge >= 0.3 is 6.03 Å². The second-order valence-electron chi connectivity index (χ2n) is 6.21. The van der Waals surface area contributed by atoms with Crippen molar-refractivity contribution >= 4 is 17.4 Å². The molecule has 3 rings (SSSR count). The molecule has 0 radical (unpaired) electrons. The third-order valence-electron chi connectivity index (χ3n) is 5.28. The highest BCUT2D eigenvalue weighted by Crippen LogP contribution is 2.58. The number of amides is 2. The molecule has 0 aromatic carbocycles. The Hall–Kier alpha value is -1.58. The molecule has 2 saturated carbocycles. The van der Waals surface area contributed by atoms with Crippen LogP contribution >= 0.6 is 11.3 Å². The summed E-state index contributed by atoms with van der Waals surface area (Å²) < 4.78 is 5.56. The van der Waals surface area contributed by atoms with Crippen LogP contribution in [-0.2, 0) is 11.3 Å². The van der Waals surface area contributed by atoms with Crippen molar-refractivity contribution in [2.45, 2.75) is 44.4 Å². The lowest BCUT2D eigenvalue weighted by Crippen LogP contribution is -2.68. The van der Waals surface area contributed by atoms with Crippen LogP contribution < -0.4 is 5.32 Å². The first-order valence-corrected chi connectivity index (χ1v) is 8.44. The van der Waals surface area contributed by atoms with Crippen LogP contribution in [0.1, 0.15) is 35.4 Å². The molecule has 0 saturated heterocycles. The molecule has 2 atom stereocenters. The fourth-order valence-electron chi connectivity index (χ4n) is 3.80. The van der Waals surface area contributed by atoms with Gasteiger partial charge in [-0.2, -0.15) is 5.26 Å². The average Bonchev–Trinajstić information content (AvgIpc) is 2.90. The van der Waals surface area contributed by atoms with E-state index in [0.717, 1.165) is 24.1 Å². The summed E-state index contributed by atoms with van der Waals surface area (Å²) in [5.74, 6) is 0. The van der Waals surface area contributed by atoms with E-state index in [4.69, 9.17) is 10.00 Å². The summed E-state index contributed by atoms with van der Waals surface area (Å²) in [6.45, 7) is 0.475. The summed E-state index contributed by atoms with van der Waals surface area (Å²) in [5, 5.41) is 11.8. The summed E-state index contributed by atoms with van der Waals surface area (Å²) in [6, 6.07) is 6.03. The number of hydrogen-bond acceptors (Lipinski definition) is 4. The van der Waals surface area contributed by atoms with Gasteiger partial charge in [-0.3, -0.25) is 0 Å². The monoisotopic (exact) mass is 319 g/mol. The molecule has 2 amide bonds. The fourth-order valence-corrected chi connectivity index (χ4v) is 4.55. The van der Waals surface area contributed by atoms with Gasteiger partial charge in [-0.25, -0.2) is 4.79 Å². The molecule has 1 spiro atoms. The van der Waals surface area contributed by atoms with Gasteiger partial charge in [0.1, 0.15) is 10.9 Å². The molecule has 1 aromatic heterocycles. The molecule has 1 N–H and O–H groups in total. The molecule has 0 aliphatic heterocycles. The van der Waals surface area contributed by atoms with Crippen molar-refractivity contribution in [3.8, 4) is 6.07 Å². The van der Waals surface area contributed by atoms with Crippen molar-refractivity contribution in [3.05, 3.63) is 21.9 Å². The lowest BCUT2D eigenvalue weighted by molar-refractivity contribution is -0.182. The van der Waals surface area contributed by atoms with Crippen molar-refractivity contribution in [1.29, 1.82) is 5.26 Å². The van der Waals surface area contributed by atoms with E-state index in [1.54, 1.807) is 13.2 Å². The Morgan fingerprint density at radius 2 is 2.36 bits per heavy atom. The zero-order valence-corrected chi connectivity index (χ0v) is 13.8. The topological polar surface area (TPSA) is 65.4 Å². The van der Waals surface area contributed by atoms with Crippen molar-refractivity contribution in [1.82, 2.24) is 10.2 Å². The van der Waals surface area contributed by atoms with Gasteiger partial charge in [-0.15, -0.1) is 11.3 Å². The summed E-state index contributed by atoms with van der Waals surface area (Å²) in [7, 11) is 3.64. The number of rotatable bonds is 4. The van der Waals surface area contributed by atoms with Gasteiger partial charge < -0.3 is 15.0 Å². The highest BCUT2D eigenvalue weighted by molar-refractivity contribution is 7.12. The van der Waals surface area contributed by atoms with Crippen molar-refractivity contribution < 1.29 is 9.53 Å². The van der Waals surface area contributed by atoms with Gasteiger partial charge in [-0.1, -0.05) is 6.42 Å². The smallest absolute Gasteiger partial charge is 0.317 e. The first-order chi connectivity index (χ1) is 10.6. The maximum Gasteiger partial charge on any atom is 0.317 e. The Kier molecular flexibility index (Phi) is 4.11. The Morgan fingerprint density at radius 1 is 1.59 bits per heavy atom. The molecule has 2 fully saturated rings. The molecule has 6 heteroatoms. The number of methoxy groups -OCH3 is 1. The molecule has 1 heterocycles. The van der Waals surface area contributed by atoms with E-state index in [-0.39, 0.29) is 17.5 Å². The Labute approximate surface area is 134 Å². The van der Waals surface area contributed by atoms with E-state index in [0.29, 0.717) is 17.5 Å². The maximum atomic E-state index is 12.4. The van der Waals surface area contributed by atoms with Gasteiger partial charge in [0.25, 0.3) is 0 Å². The Balaban J connectivity index is 1.55. The second-order valence-corrected chi connectivity index (χ2v) is 7.38. The van der Waals surface area contributed by atoms with Crippen LogP contribution in [0.4, 0.5) is 4.79 Å². The molecular formula is C16H21N3O2S. The number of carbonyl (C=O) groups excluding carboxylic acids is 1. The predicted octanol–water partition coefficient (Wildman–Crippen LogP) is 2.72. The molecule has 22 heavy (non-hydrogen) atoms. The van der Waals surface area contributed by atoms with Crippen LogP contribution in [0.3, 0.4) is 0 Å². The summed E-state index contributed by atoms with van der Waals surface area (Å²) in [4.78, 5) is 15.9. The zero-order chi connectivity index (χ0) is 15.7. The van der Waals surface area contributed by atoms with Gasteiger partial charge in [0, 0.05) is 30.5 Å². The van der Waals surface area contributed by atoms with Crippen LogP contribution in [-0.4, -0.2) is 37.2 Å². The first-order valence-electron chi connectivity index (χ1n) is 7.63. The molecule has 0 bridgehead atoms. The summed E-state index contributed by atoms with van der Waals surface area (Å²) >= 11 is 1.42. The van der Waals surface area contributed by atoms with E-state index in [2.05, 4.69) is 11.4 Å². The van der Waals surface area contributed by atoms with Crippen LogP contribution in [0.25, 0.3) is 0 Å². The number of carbonyl (C=O) groups is 1. The number of ether oxygens (including phenoxy) is 1. The van der Waals surface area contributed by atoms with E-state index >= 15 is 0 Å². The Morgan fingerprint density at radius 3 is 2.91 bits per heavy atom. The lowest BCUT2D eigenvalue weighted by atomic mass is 9.50. The minimum atomic E-state index is -0.0438. The molecule has 5 nitrogen and oxygen atoms in total. The normalized spacial score (nSPS) is 25.0. The van der Waals surface area contributed by atoms with Crippen molar-refractivity contribution in [3.63, 3.8) is 0 Å². The largest absolute Gasteiger partial charge is 0.381 e. The molecule has 118 valence electrons. The summed E-state index contributed by atoms with van der Waals surface area (Å²) in [5.41, 5.74) is 0.192. The average molecular weight is 319 g/mol. The summed E-state index contributed by atoms with van der Waals surface area (Å²) in [6.07, 6.45) is 4.78. The molecular weight excluding hydrogens is 298 g/mol. The highest BCUT2D eigenvalue weighted by atomic mass is 32.1. The van der Waals surface area contributed by atoms with Crippen LogP contribution in [0.15, 0.2) is 12.1 Å². The highest BCUT2D eigenvalue weighted by Gasteiger charge is 2.60. The number of urea groups is 1. The third kappa shape index (κ3) is 2.38. The first kappa shape index (κ1) is 15.3. The van der Waals surface area contributed by atoms with Crippen LogP contribution in [0.5, 0.6) is 0 Å². The number of nitriles is 1. The van der Waals surface area contributed by atoms with Gasteiger partial charge in [0.05, 0.1) is 12.6 Å². The Bertz CT molecular complexity index is 603. The number of nitrogens with one attached hydrogen (secondary N) is 1. The van der Waals surface area contributed by atoms with E-state index in [1.165, 1.54) is 17.8 Å². The molecule has 2 aliphatic rings. The van der Waals surface area contributed by atoms with Crippen LogP contribution in [0.2, 0.25) is 0 Å². The maximum absolute atomic E-state index is 12.4. The molecule has 1 aromatic rings. The minimum absolute atomic E-state index is 0.0438. The molecule has 0 unspecified atom stereocenters. The minimum Gasteiger partial charge on any atom is -0.381 e. The van der Waals surface area contributed by atoms with Gasteiger partial charge in [0.2, 0.25) is 0 Å².